The molecule has 1 fully saturated rings. The molecule has 20 heavy (non-hydrogen) atoms. The maximum absolute atomic E-state index is 11.9. The van der Waals surface area contributed by atoms with Crippen LogP contribution in [0.5, 0.6) is 5.75 Å². The van der Waals surface area contributed by atoms with Crippen LogP contribution in [0.15, 0.2) is 24.3 Å². The number of β-amino-alcohol motifs (C(OH)–C–C–N with tert-alkyl or cyclic N) is 2. The molecule has 0 aliphatic carbocycles. The van der Waals surface area contributed by atoms with Crippen LogP contribution in [0.4, 0.5) is 0 Å². The Kier molecular flexibility index (Phi) is 4.53. The predicted molar refractivity (Wildman–Crippen MR) is 76.4 cm³/mol. The molecule has 4 N–H and O–H groups in total. The maximum Gasteiger partial charge on any atom is 0.260 e. The summed E-state index contributed by atoms with van der Waals surface area (Å²) in [5.41, 5.74) is 6.14. The van der Waals surface area contributed by atoms with E-state index in [1.165, 1.54) is 4.90 Å². The zero-order valence-electron chi connectivity index (χ0n) is 10.7. The molecule has 1 aliphatic heterocycles. The first-order chi connectivity index (χ1) is 9.49. The number of benzene rings is 1. The van der Waals surface area contributed by atoms with Crippen LogP contribution in [0, 0.1) is 0 Å². The molecule has 2 atom stereocenters. The third-order valence-corrected chi connectivity index (χ3v) is 3.34. The number of nitrogens with two attached hydrogens (primary N) is 1. The maximum atomic E-state index is 11.9. The van der Waals surface area contributed by atoms with E-state index in [2.05, 4.69) is 0 Å². The van der Waals surface area contributed by atoms with E-state index < -0.39 is 12.2 Å². The highest BCUT2D eigenvalue weighted by molar-refractivity contribution is 7.80. The zero-order chi connectivity index (χ0) is 14.7. The van der Waals surface area contributed by atoms with Gasteiger partial charge in [0.1, 0.15) is 10.7 Å². The summed E-state index contributed by atoms with van der Waals surface area (Å²) in [6.07, 6.45) is -1.80. The van der Waals surface area contributed by atoms with Gasteiger partial charge in [0.05, 0.1) is 17.8 Å². The van der Waals surface area contributed by atoms with Crippen molar-refractivity contribution in [3.05, 3.63) is 29.8 Å². The molecule has 0 spiro atoms. The van der Waals surface area contributed by atoms with Gasteiger partial charge in [0.2, 0.25) is 0 Å². The molecule has 108 valence electrons. The molecular formula is C13H16N2O4S. The lowest BCUT2D eigenvalue weighted by Crippen LogP contribution is -2.34. The van der Waals surface area contributed by atoms with Crippen LogP contribution >= 0.6 is 12.2 Å². The van der Waals surface area contributed by atoms with E-state index in [0.29, 0.717) is 11.3 Å². The van der Waals surface area contributed by atoms with Crippen molar-refractivity contribution in [3.8, 4) is 5.75 Å². The number of hydrogen-bond donors (Lipinski definition) is 3. The van der Waals surface area contributed by atoms with E-state index in [1.54, 1.807) is 24.3 Å². The lowest BCUT2D eigenvalue weighted by atomic mass is 10.2. The average Bonchev–Trinajstić information content (AvgIpc) is 2.76. The highest BCUT2D eigenvalue weighted by atomic mass is 32.1. The number of carbonyl (C=O) groups excluding carboxylic acids is 1. The highest BCUT2D eigenvalue weighted by Gasteiger charge is 2.32. The Bertz CT molecular complexity index is 513. The van der Waals surface area contributed by atoms with Gasteiger partial charge in [0.25, 0.3) is 5.91 Å². The lowest BCUT2D eigenvalue weighted by molar-refractivity contribution is -0.132. The van der Waals surface area contributed by atoms with Crippen molar-refractivity contribution < 1.29 is 19.7 Å². The third-order valence-electron chi connectivity index (χ3n) is 3.12. The van der Waals surface area contributed by atoms with E-state index in [0.717, 1.165) is 0 Å². The number of nitrogens with zero attached hydrogens (tertiary/aromatic N) is 1. The molecule has 6 nitrogen and oxygen atoms in total. The van der Waals surface area contributed by atoms with E-state index in [-0.39, 0.29) is 30.6 Å². The number of aliphatic hydroxyl groups excluding tert-OH is 2. The van der Waals surface area contributed by atoms with Crippen LogP contribution in [0.25, 0.3) is 0 Å². The predicted octanol–water partition coefficient (Wildman–Crippen LogP) is -0.736. The summed E-state index contributed by atoms with van der Waals surface area (Å²) in [7, 11) is 0. The monoisotopic (exact) mass is 296 g/mol. The lowest BCUT2D eigenvalue weighted by Gasteiger charge is -2.16. The number of thiocarbonyl (C=S) groups is 1. The second-order valence-corrected chi connectivity index (χ2v) is 5.02. The topological polar surface area (TPSA) is 96.0 Å². The number of ether oxygens (including phenoxy) is 1. The first-order valence-electron chi connectivity index (χ1n) is 6.14. The zero-order valence-corrected chi connectivity index (χ0v) is 11.5. The molecule has 2 unspecified atom stereocenters. The van der Waals surface area contributed by atoms with Crippen LogP contribution in [-0.2, 0) is 4.79 Å². The molecular weight excluding hydrogens is 280 g/mol. The minimum Gasteiger partial charge on any atom is -0.483 e. The Morgan fingerprint density at radius 1 is 1.35 bits per heavy atom. The van der Waals surface area contributed by atoms with Crippen molar-refractivity contribution in [2.75, 3.05) is 19.7 Å². The average molecular weight is 296 g/mol. The van der Waals surface area contributed by atoms with Gasteiger partial charge in [-0.3, -0.25) is 4.79 Å². The number of amides is 1. The first-order valence-corrected chi connectivity index (χ1v) is 6.55. The largest absolute Gasteiger partial charge is 0.483 e. The van der Waals surface area contributed by atoms with Crippen molar-refractivity contribution in [1.29, 1.82) is 0 Å². The molecule has 1 saturated heterocycles. The summed E-state index contributed by atoms with van der Waals surface area (Å²) >= 11 is 4.90. The Morgan fingerprint density at radius 3 is 2.55 bits per heavy atom. The smallest absolute Gasteiger partial charge is 0.260 e. The molecule has 0 saturated carbocycles. The summed E-state index contributed by atoms with van der Waals surface area (Å²) < 4.78 is 5.42. The minimum atomic E-state index is -0.900. The van der Waals surface area contributed by atoms with Crippen molar-refractivity contribution in [2.45, 2.75) is 12.2 Å². The summed E-state index contributed by atoms with van der Waals surface area (Å²) in [5.74, 6) is 0.131. The normalized spacial score (nSPS) is 21.8. The van der Waals surface area contributed by atoms with Crippen molar-refractivity contribution in [1.82, 2.24) is 4.90 Å². The van der Waals surface area contributed by atoms with E-state index in [9.17, 15) is 15.0 Å². The fourth-order valence-corrected chi connectivity index (χ4v) is 2.17. The van der Waals surface area contributed by atoms with Gasteiger partial charge in [-0.2, -0.15) is 0 Å². The first kappa shape index (κ1) is 14.7. The Hall–Kier alpha value is -1.70. The van der Waals surface area contributed by atoms with Gasteiger partial charge in [-0.1, -0.05) is 24.4 Å². The Morgan fingerprint density at radius 2 is 1.95 bits per heavy atom. The standard InChI is InChI=1S/C13H16N2O4S/c14-13(20)8-3-1-2-4-11(8)19-7-12(18)15-5-9(16)10(17)6-15/h1-4,9-10,16-17H,5-7H2,(H2,14,20). The number of rotatable bonds is 4. The molecule has 1 aliphatic rings. The fourth-order valence-electron chi connectivity index (χ4n) is 2.00. The molecule has 0 aromatic heterocycles. The van der Waals surface area contributed by atoms with Crippen molar-refractivity contribution >= 4 is 23.1 Å². The quantitative estimate of drug-likeness (QED) is 0.634. The molecule has 1 amide bonds. The van der Waals surface area contributed by atoms with E-state index in [4.69, 9.17) is 22.7 Å². The molecule has 7 heteroatoms. The van der Waals surface area contributed by atoms with Crippen LogP contribution in [-0.4, -0.2) is 57.9 Å². The second-order valence-electron chi connectivity index (χ2n) is 4.58. The summed E-state index contributed by atoms with van der Waals surface area (Å²) in [6.45, 7) is 0.0275. The molecule has 2 rings (SSSR count). The third kappa shape index (κ3) is 3.24. The van der Waals surface area contributed by atoms with E-state index >= 15 is 0 Å². The molecule has 0 bridgehead atoms. The minimum absolute atomic E-state index is 0.111. The summed E-state index contributed by atoms with van der Waals surface area (Å²) in [4.78, 5) is 13.5. The highest BCUT2D eigenvalue weighted by Crippen LogP contribution is 2.18. The van der Waals surface area contributed by atoms with Gasteiger partial charge in [0, 0.05) is 13.1 Å². The van der Waals surface area contributed by atoms with Crippen molar-refractivity contribution in [2.24, 2.45) is 5.73 Å². The van der Waals surface area contributed by atoms with Gasteiger partial charge < -0.3 is 25.6 Å². The fraction of sp³-hybridized carbons (Fsp3) is 0.385. The number of hydrogen-bond acceptors (Lipinski definition) is 5. The van der Waals surface area contributed by atoms with E-state index in [1.807, 2.05) is 0 Å². The number of aliphatic hydroxyl groups is 2. The van der Waals surface area contributed by atoms with Crippen LogP contribution in [0.3, 0.4) is 0 Å². The van der Waals surface area contributed by atoms with Gasteiger partial charge in [-0.05, 0) is 12.1 Å². The number of likely N-dealkylation sites (tertiary alicyclic amines) is 1. The number of para-hydroxylation sites is 1. The SMILES string of the molecule is NC(=S)c1ccccc1OCC(=O)N1CC(O)C(O)C1. The number of carbonyl (C=O) groups is 1. The van der Waals surface area contributed by atoms with Crippen LogP contribution < -0.4 is 10.5 Å². The van der Waals surface area contributed by atoms with Crippen LogP contribution in [0.1, 0.15) is 5.56 Å². The summed E-state index contributed by atoms with van der Waals surface area (Å²) in [5, 5.41) is 18.8. The van der Waals surface area contributed by atoms with Crippen LogP contribution in [0.2, 0.25) is 0 Å². The molecule has 0 radical (unpaired) electrons. The van der Waals surface area contributed by atoms with Crippen molar-refractivity contribution in [3.63, 3.8) is 0 Å². The van der Waals surface area contributed by atoms with Gasteiger partial charge in [0.15, 0.2) is 6.61 Å². The van der Waals surface area contributed by atoms with Gasteiger partial charge >= 0.3 is 0 Å². The second kappa shape index (κ2) is 6.17. The molecule has 1 heterocycles. The summed E-state index contributed by atoms with van der Waals surface area (Å²) in [6, 6.07) is 6.92. The Balaban J connectivity index is 1.96. The molecule has 1 aromatic carbocycles. The van der Waals surface area contributed by atoms with Gasteiger partial charge in [-0.15, -0.1) is 0 Å². The molecule has 1 aromatic rings. The van der Waals surface area contributed by atoms with Gasteiger partial charge in [-0.25, -0.2) is 0 Å². The Labute approximate surface area is 121 Å².